The van der Waals surface area contributed by atoms with Crippen molar-refractivity contribution in [2.75, 3.05) is 5.32 Å². The van der Waals surface area contributed by atoms with E-state index in [4.69, 9.17) is 0 Å². The SMILES string of the molecule is O=C(Cc1ccc2c(c1)CCCC2)Nc1ccc(-n2cncn2)cc1. The molecule has 0 saturated heterocycles. The highest BCUT2D eigenvalue weighted by Crippen LogP contribution is 2.22. The van der Waals surface area contributed by atoms with Gasteiger partial charge in [0.15, 0.2) is 0 Å². The van der Waals surface area contributed by atoms with Gasteiger partial charge in [-0.25, -0.2) is 9.67 Å². The number of amides is 1. The molecule has 0 atom stereocenters. The van der Waals surface area contributed by atoms with E-state index in [1.807, 2.05) is 24.3 Å². The molecule has 1 aliphatic rings. The molecule has 2 aromatic carbocycles. The first-order valence-electron chi connectivity index (χ1n) is 8.63. The van der Waals surface area contributed by atoms with Crippen molar-refractivity contribution in [2.45, 2.75) is 32.1 Å². The number of anilines is 1. The summed E-state index contributed by atoms with van der Waals surface area (Å²) >= 11 is 0. The number of fused-ring (bicyclic) bond motifs is 1. The molecular weight excluding hydrogens is 312 g/mol. The zero-order valence-electron chi connectivity index (χ0n) is 14.0. The van der Waals surface area contributed by atoms with Crippen LogP contribution in [-0.2, 0) is 24.1 Å². The lowest BCUT2D eigenvalue weighted by atomic mass is 9.90. The summed E-state index contributed by atoms with van der Waals surface area (Å²) in [4.78, 5) is 16.3. The van der Waals surface area contributed by atoms with E-state index >= 15 is 0 Å². The minimum Gasteiger partial charge on any atom is -0.326 e. The molecule has 1 amide bonds. The zero-order valence-corrected chi connectivity index (χ0v) is 14.0. The lowest BCUT2D eigenvalue weighted by molar-refractivity contribution is -0.115. The van der Waals surface area contributed by atoms with E-state index < -0.39 is 0 Å². The molecule has 0 unspecified atom stereocenters. The summed E-state index contributed by atoms with van der Waals surface area (Å²) < 4.78 is 1.68. The summed E-state index contributed by atoms with van der Waals surface area (Å²) in [5.41, 5.74) is 5.63. The van der Waals surface area contributed by atoms with Crippen LogP contribution in [0, 0.1) is 0 Å². The topological polar surface area (TPSA) is 59.8 Å². The molecule has 1 heterocycles. The van der Waals surface area contributed by atoms with Crippen molar-refractivity contribution < 1.29 is 4.79 Å². The molecule has 0 aliphatic heterocycles. The Hall–Kier alpha value is -2.95. The molecule has 0 spiro atoms. The number of nitrogens with zero attached hydrogens (tertiary/aromatic N) is 3. The van der Waals surface area contributed by atoms with Crippen molar-refractivity contribution in [3.05, 3.63) is 71.8 Å². The van der Waals surface area contributed by atoms with Gasteiger partial charge in [0.05, 0.1) is 12.1 Å². The summed E-state index contributed by atoms with van der Waals surface area (Å²) in [5.74, 6) is 0.00395. The molecule has 0 saturated carbocycles. The van der Waals surface area contributed by atoms with Crippen molar-refractivity contribution in [1.82, 2.24) is 14.8 Å². The van der Waals surface area contributed by atoms with Gasteiger partial charge in [0.2, 0.25) is 5.91 Å². The fraction of sp³-hybridized carbons (Fsp3) is 0.250. The molecule has 126 valence electrons. The maximum Gasteiger partial charge on any atom is 0.228 e. The largest absolute Gasteiger partial charge is 0.326 e. The summed E-state index contributed by atoms with van der Waals surface area (Å²) in [6.45, 7) is 0. The second-order valence-electron chi connectivity index (χ2n) is 6.42. The lowest BCUT2D eigenvalue weighted by Gasteiger charge is -2.16. The van der Waals surface area contributed by atoms with E-state index in [1.54, 1.807) is 11.0 Å². The van der Waals surface area contributed by atoms with Crippen LogP contribution in [0.2, 0.25) is 0 Å². The van der Waals surface area contributed by atoms with Gasteiger partial charge in [-0.2, -0.15) is 5.10 Å². The third-order valence-corrected chi connectivity index (χ3v) is 4.61. The second kappa shape index (κ2) is 6.89. The standard InChI is InChI=1S/C20H20N4O/c25-20(12-15-5-6-16-3-1-2-4-17(16)11-15)23-18-7-9-19(10-8-18)24-14-21-13-22-24/h5-11,13-14H,1-4,12H2,(H,23,25). The Labute approximate surface area is 146 Å². The molecular formula is C20H20N4O. The van der Waals surface area contributed by atoms with Gasteiger partial charge in [-0.15, -0.1) is 0 Å². The number of nitrogens with one attached hydrogen (secondary N) is 1. The number of aryl methyl sites for hydroxylation is 2. The van der Waals surface area contributed by atoms with Crippen molar-refractivity contribution >= 4 is 11.6 Å². The molecule has 0 bridgehead atoms. The molecule has 3 aromatic rings. The fourth-order valence-electron chi connectivity index (χ4n) is 3.33. The first-order chi connectivity index (χ1) is 12.3. The second-order valence-corrected chi connectivity index (χ2v) is 6.42. The normalized spacial score (nSPS) is 13.3. The Morgan fingerprint density at radius 1 is 1.04 bits per heavy atom. The van der Waals surface area contributed by atoms with Crippen molar-refractivity contribution in [1.29, 1.82) is 0 Å². The minimum atomic E-state index is 0.00395. The van der Waals surface area contributed by atoms with Gasteiger partial charge in [0, 0.05) is 5.69 Å². The van der Waals surface area contributed by atoms with Crippen molar-refractivity contribution in [3.63, 3.8) is 0 Å². The van der Waals surface area contributed by atoms with Gasteiger partial charge in [0.25, 0.3) is 0 Å². The quantitative estimate of drug-likeness (QED) is 0.797. The van der Waals surface area contributed by atoms with Gasteiger partial charge in [0.1, 0.15) is 12.7 Å². The number of carbonyl (C=O) groups is 1. The van der Waals surface area contributed by atoms with E-state index in [-0.39, 0.29) is 5.91 Å². The summed E-state index contributed by atoms with van der Waals surface area (Å²) in [7, 11) is 0. The third-order valence-electron chi connectivity index (χ3n) is 4.61. The van der Waals surface area contributed by atoms with Crippen LogP contribution in [0.25, 0.3) is 5.69 Å². The van der Waals surface area contributed by atoms with E-state index in [0.29, 0.717) is 6.42 Å². The van der Waals surface area contributed by atoms with Crippen LogP contribution in [0.4, 0.5) is 5.69 Å². The number of rotatable bonds is 4. The Morgan fingerprint density at radius 3 is 2.60 bits per heavy atom. The van der Waals surface area contributed by atoms with Gasteiger partial charge in [-0.05, 0) is 66.6 Å². The molecule has 5 nitrogen and oxygen atoms in total. The fourth-order valence-corrected chi connectivity index (χ4v) is 3.33. The molecule has 4 rings (SSSR count). The summed E-state index contributed by atoms with van der Waals surface area (Å²) in [5, 5.41) is 7.05. The Balaban J connectivity index is 1.40. The smallest absolute Gasteiger partial charge is 0.228 e. The number of benzene rings is 2. The highest BCUT2D eigenvalue weighted by molar-refractivity contribution is 5.92. The van der Waals surface area contributed by atoms with Crippen LogP contribution in [0.1, 0.15) is 29.5 Å². The number of hydrogen-bond acceptors (Lipinski definition) is 3. The molecule has 1 aliphatic carbocycles. The highest BCUT2D eigenvalue weighted by Gasteiger charge is 2.11. The average molecular weight is 332 g/mol. The Morgan fingerprint density at radius 2 is 1.84 bits per heavy atom. The van der Waals surface area contributed by atoms with Crippen LogP contribution in [0.5, 0.6) is 0 Å². The van der Waals surface area contributed by atoms with E-state index in [0.717, 1.165) is 23.4 Å². The van der Waals surface area contributed by atoms with Gasteiger partial charge in [-0.3, -0.25) is 4.79 Å². The highest BCUT2D eigenvalue weighted by atomic mass is 16.1. The monoisotopic (exact) mass is 332 g/mol. The predicted octanol–water partition coefficient (Wildman–Crippen LogP) is 3.33. The van der Waals surface area contributed by atoms with Crippen LogP contribution < -0.4 is 5.32 Å². The summed E-state index contributed by atoms with van der Waals surface area (Å²) in [6.07, 6.45) is 8.36. The average Bonchev–Trinajstić information content (AvgIpc) is 3.17. The minimum absolute atomic E-state index is 0.00395. The number of carbonyl (C=O) groups excluding carboxylic acids is 1. The Bertz CT molecular complexity index is 869. The van der Waals surface area contributed by atoms with E-state index in [2.05, 4.69) is 33.6 Å². The van der Waals surface area contributed by atoms with Crippen LogP contribution in [0.15, 0.2) is 55.1 Å². The maximum absolute atomic E-state index is 12.3. The summed E-state index contributed by atoms with van der Waals surface area (Å²) in [6, 6.07) is 14.0. The van der Waals surface area contributed by atoms with Gasteiger partial charge < -0.3 is 5.32 Å². The Kier molecular flexibility index (Phi) is 4.29. The first kappa shape index (κ1) is 15.6. The third kappa shape index (κ3) is 3.60. The van der Waals surface area contributed by atoms with E-state index in [9.17, 15) is 4.79 Å². The van der Waals surface area contributed by atoms with Crippen LogP contribution in [-0.4, -0.2) is 20.7 Å². The molecule has 1 aromatic heterocycles. The van der Waals surface area contributed by atoms with Crippen LogP contribution in [0.3, 0.4) is 0 Å². The van der Waals surface area contributed by atoms with Crippen LogP contribution >= 0.6 is 0 Å². The molecule has 1 N–H and O–H groups in total. The first-order valence-corrected chi connectivity index (χ1v) is 8.63. The molecule has 25 heavy (non-hydrogen) atoms. The zero-order chi connectivity index (χ0) is 17.1. The van der Waals surface area contributed by atoms with Crippen molar-refractivity contribution in [3.8, 4) is 5.69 Å². The molecule has 0 radical (unpaired) electrons. The molecule has 0 fully saturated rings. The van der Waals surface area contributed by atoms with Crippen molar-refractivity contribution in [2.24, 2.45) is 0 Å². The number of aromatic nitrogens is 3. The van der Waals surface area contributed by atoms with Gasteiger partial charge in [-0.1, -0.05) is 18.2 Å². The predicted molar refractivity (Wildman–Crippen MR) is 96.8 cm³/mol. The molecule has 5 heteroatoms. The van der Waals surface area contributed by atoms with E-state index in [1.165, 1.54) is 36.7 Å². The van der Waals surface area contributed by atoms with Gasteiger partial charge >= 0.3 is 0 Å². The maximum atomic E-state index is 12.3. The lowest BCUT2D eigenvalue weighted by Crippen LogP contribution is -2.15. The number of hydrogen-bond donors (Lipinski definition) is 1.